The predicted octanol–water partition coefficient (Wildman–Crippen LogP) is 1.03. The highest BCUT2D eigenvalue weighted by atomic mass is 35.5. The van der Waals surface area contributed by atoms with E-state index in [2.05, 4.69) is 24.5 Å². The third-order valence-corrected chi connectivity index (χ3v) is 3.52. The van der Waals surface area contributed by atoms with E-state index >= 15 is 0 Å². The molecule has 118 valence electrons. The lowest BCUT2D eigenvalue weighted by Crippen LogP contribution is -2.39. The number of likely N-dealkylation sites (tertiary alicyclic amines) is 1. The highest BCUT2D eigenvalue weighted by molar-refractivity contribution is 5.85. The van der Waals surface area contributed by atoms with Crippen LogP contribution < -0.4 is 10.6 Å². The normalized spacial score (nSPS) is 18.0. The smallest absolute Gasteiger partial charge is 0.241 e. The summed E-state index contributed by atoms with van der Waals surface area (Å²) in [5.74, 6) is 1.08. The number of nitrogens with zero attached hydrogens (tertiary/aromatic N) is 1. The van der Waals surface area contributed by atoms with Crippen LogP contribution in [-0.2, 0) is 9.59 Å². The minimum absolute atomic E-state index is 0. The van der Waals surface area contributed by atoms with Crippen molar-refractivity contribution in [2.45, 2.75) is 33.1 Å². The first-order valence-corrected chi connectivity index (χ1v) is 7.22. The number of hydrogen-bond donors (Lipinski definition) is 2. The molecule has 5 nitrogen and oxygen atoms in total. The first kappa shape index (κ1) is 19.2. The average molecular weight is 306 g/mol. The van der Waals surface area contributed by atoms with Crippen LogP contribution in [0.25, 0.3) is 0 Å². The maximum absolute atomic E-state index is 11.9. The van der Waals surface area contributed by atoms with Crippen LogP contribution in [0.1, 0.15) is 33.1 Å². The summed E-state index contributed by atoms with van der Waals surface area (Å²) in [6, 6.07) is 0. The van der Waals surface area contributed by atoms with Gasteiger partial charge in [0.05, 0.1) is 6.54 Å². The van der Waals surface area contributed by atoms with Crippen molar-refractivity contribution < 1.29 is 9.59 Å². The molecule has 0 saturated carbocycles. The lowest BCUT2D eigenvalue weighted by atomic mass is 10.1. The van der Waals surface area contributed by atoms with Crippen LogP contribution in [0, 0.1) is 11.8 Å². The number of halogens is 1. The van der Waals surface area contributed by atoms with E-state index in [1.54, 1.807) is 0 Å². The second kappa shape index (κ2) is 10.00. The minimum atomic E-state index is -0.0204. The molecule has 0 aromatic rings. The Hall–Kier alpha value is -0.810. The third-order valence-electron chi connectivity index (χ3n) is 3.52. The van der Waals surface area contributed by atoms with Crippen molar-refractivity contribution >= 4 is 24.2 Å². The molecule has 0 aromatic heterocycles. The fraction of sp³-hybridized carbons (Fsp3) is 0.857. The number of carbonyl (C=O) groups excluding carboxylic acids is 2. The molecule has 0 radical (unpaired) electrons. The highest BCUT2D eigenvalue weighted by Gasteiger charge is 2.25. The molecular weight excluding hydrogens is 278 g/mol. The van der Waals surface area contributed by atoms with Crippen LogP contribution >= 0.6 is 12.4 Å². The lowest BCUT2D eigenvalue weighted by molar-refractivity contribution is -0.132. The molecule has 2 amide bonds. The molecule has 1 heterocycles. The number of rotatable bonds is 7. The van der Waals surface area contributed by atoms with Gasteiger partial charge in [-0.2, -0.15) is 0 Å². The van der Waals surface area contributed by atoms with Gasteiger partial charge in [-0.15, -0.1) is 12.4 Å². The maximum Gasteiger partial charge on any atom is 0.241 e. The van der Waals surface area contributed by atoms with E-state index in [4.69, 9.17) is 0 Å². The zero-order valence-corrected chi connectivity index (χ0v) is 13.6. The van der Waals surface area contributed by atoms with E-state index < -0.39 is 0 Å². The van der Waals surface area contributed by atoms with Gasteiger partial charge in [-0.1, -0.05) is 13.8 Å². The number of carbonyl (C=O) groups is 2. The molecule has 1 saturated heterocycles. The predicted molar refractivity (Wildman–Crippen MR) is 82.9 cm³/mol. The molecule has 6 heteroatoms. The zero-order valence-electron chi connectivity index (χ0n) is 12.8. The molecule has 1 aliphatic heterocycles. The van der Waals surface area contributed by atoms with E-state index in [0.29, 0.717) is 18.3 Å². The fourth-order valence-electron chi connectivity index (χ4n) is 2.31. The monoisotopic (exact) mass is 305 g/mol. The standard InChI is InChI=1S/C14H27N3O2.ClH/c1-11(2)4-5-13(18)16-9-14(19)17-7-6-12(10-17)8-15-3;/h11-12,15H,4-10H2,1-3H3,(H,16,18);1H. The summed E-state index contributed by atoms with van der Waals surface area (Å²) in [5.41, 5.74) is 0. The van der Waals surface area contributed by atoms with Crippen molar-refractivity contribution in [3.8, 4) is 0 Å². The summed E-state index contributed by atoms with van der Waals surface area (Å²) in [7, 11) is 1.93. The van der Waals surface area contributed by atoms with Gasteiger partial charge in [0.15, 0.2) is 0 Å². The fourth-order valence-corrected chi connectivity index (χ4v) is 2.31. The van der Waals surface area contributed by atoms with Crippen LogP contribution in [-0.4, -0.2) is 49.9 Å². The number of hydrogen-bond acceptors (Lipinski definition) is 3. The van der Waals surface area contributed by atoms with Crippen LogP contribution in [0.2, 0.25) is 0 Å². The summed E-state index contributed by atoms with van der Waals surface area (Å²) in [4.78, 5) is 25.3. The Balaban J connectivity index is 0.00000361. The third kappa shape index (κ3) is 7.10. The first-order valence-electron chi connectivity index (χ1n) is 7.22. The maximum atomic E-state index is 11.9. The minimum Gasteiger partial charge on any atom is -0.347 e. The van der Waals surface area contributed by atoms with E-state index in [-0.39, 0.29) is 30.8 Å². The quantitative estimate of drug-likeness (QED) is 0.738. The number of amides is 2. The lowest BCUT2D eigenvalue weighted by Gasteiger charge is -2.17. The Morgan fingerprint density at radius 2 is 2.05 bits per heavy atom. The van der Waals surface area contributed by atoms with E-state index in [1.165, 1.54) is 0 Å². The average Bonchev–Trinajstić information content (AvgIpc) is 2.82. The van der Waals surface area contributed by atoms with Gasteiger partial charge >= 0.3 is 0 Å². The SMILES string of the molecule is CNCC1CCN(C(=O)CNC(=O)CCC(C)C)C1.Cl. The van der Waals surface area contributed by atoms with Gasteiger partial charge in [0.25, 0.3) is 0 Å². The van der Waals surface area contributed by atoms with Crippen LogP contribution in [0.5, 0.6) is 0 Å². The largest absolute Gasteiger partial charge is 0.347 e. The van der Waals surface area contributed by atoms with Crippen molar-refractivity contribution in [1.82, 2.24) is 15.5 Å². The molecule has 1 aliphatic rings. The molecule has 20 heavy (non-hydrogen) atoms. The molecule has 1 rings (SSSR count). The van der Waals surface area contributed by atoms with Gasteiger partial charge in [0, 0.05) is 19.5 Å². The second-order valence-electron chi connectivity index (χ2n) is 5.76. The van der Waals surface area contributed by atoms with Gasteiger partial charge in [-0.25, -0.2) is 0 Å². The van der Waals surface area contributed by atoms with Crippen LogP contribution in [0.15, 0.2) is 0 Å². The van der Waals surface area contributed by atoms with E-state index in [9.17, 15) is 9.59 Å². The molecule has 0 bridgehead atoms. The molecule has 1 atom stereocenters. The van der Waals surface area contributed by atoms with Crippen molar-refractivity contribution in [2.24, 2.45) is 11.8 Å². The molecule has 0 aliphatic carbocycles. The summed E-state index contributed by atoms with van der Waals surface area (Å²) in [6.45, 7) is 6.89. The van der Waals surface area contributed by atoms with Crippen molar-refractivity contribution in [3.05, 3.63) is 0 Å². The Morgan fingerprint density at radius 3 is 2.65 bits per heavy atom. The Bertz CT molecular complexity index is 311. The topological polar surface area (TPSA) is 61.4 Å². The Labute approximate surface area is 128 Å². The van der Waals surface area contributed by atoms with E-state index in [1.807, 2.05) is 11.9 Å². The van der Waals surface area contributed by atoms with Crippen molar-refractivity contribution in [2.75, 3.05) is 33.2 Å². The first-order chi connectivity index (χ1) is 9.02. The molecule has 0 spiro atoms. The van der Waals surface area contributed by atoms with Gasteiger partial charge in [0.2, 0.25) is 11.8 Å². The van der Waals surface area contributed by atoms with Gasteiger partial charge in [-0.3, -0.25) is 9.59 Å². The van der Waals surface area contributed by atoms with Gasteiger partial charge in [0.1, 0.15) is 0 Å². The molecule has 1 unspecified atom stereocenters. The Morgan fingerprint density at radius 1 is 1.35 bits per heavy atom. The van der Waals surface area contributed by atoms with Crippen LogP contribution in [0.4, 0.5) is 0 Å². The number of nitrogens with one attached hydrogen (secondary N) is 2. The summed E-state index contributed by atoms with van der Waals surface area (Å²) in [5, 5.41) is 5.85. The van der Waals surface area contributed by atoms with Crippen molar-refractivity contribution in [3.63, 3.8) is 0 Å². The summed E-state index contributed by atoms with van der Waals surface area (Å²) in [6.07, 6.45) is 2.43. The highest BCUT2D eigenvalue weighted by Crippen LogP contribution is 2.15. The zero-order chi connectivity index (χ0) is 14.3. The van der Waals surface area contributed by atoms with E-state index in [0.717, 1.165) is 32.5 Å². The Kier molecular flexibility index (Phi) is 9.59. The van der Waals surface area contributed by atoms with Gasteiger partial charge in [-0.05, 0) is 38.3 Å². The van der Waals surface area contributed by atoms with Crippen LogP contribution in [0.3, 0.4) is 0 Å². The molecule has 2 N–H and O–H groups in total. The van der Waals surface area contributed by atoms with Gasteiger partial charge < -0.3 is 15.5 Å². The molecular formula is C14H28ClN3O2. The summed E-state index contributed by atoms with van der Waals surface area (Å²) < 4.78 is 0. The second-order valence-corrected chi connectivity index (χ2v) is 5.76. The molecule has 0 aromatic carbocycles. The molecule has 1 fully saturated rings. The van der Waals surface area contributed by atoms with Crippen molar-refractivity contribution in [1.29, 1.82) is 0 Å². The summed E-state index contributed by atoms with van der Waals surface area (Å²) >= 11 is 0.